The second-order valence-electron chi connectivity index (χ2n) is 5.41. The van der Waals surface area contributed by atoms with Crippen LogP contribution in [0.15, 0.2) is 42.5 Å². The summed E-state index contributed by atoms with van der Waals surface area (Å²) in [5.74, 6) is 0.929. The first-order valence-corrected chi connectivity index (χ1v) is 6.64. The molecule has 92 valence electrons. The van der Waals surface area contributed by atoms with Crippen molar-refractivity contribution in [1.29, 1.82) is 0 Å². The van der Waals surface area contributed by atoms with Crippen LogP contribution in [-0.2, 0) is 6.54 Å². The summed E-state index contributed by atoms with van der Waals surface area (Å²) in [6.07, 6.45) is 4.26. The lowest BCUT2D eigenvalue weighted by Crippen LogP contribution is -2.33. The van der Waals surface area contributed by atoms with Crippen molar-refractivity contribution < 1.29 is 0 Å². The Hall–Kier alpha value is -1.08. The zero-order valence-corrected chi connectivity index (χ0v) is 10.9. The predicted molar refractivity (Wildman–Crippen MR) is 73.9 cm³/mol. The van der Waals surface area contributed by atoms with Crippen molar-refractivity contribution in [2.45, 2.75) is 32.7 Å². The fourth-order valence-electron chi connectivity index (χ4n) is 2.45. The van der Waals surface area contributed by atoms with Gasteiger partial charge in [-0.25, -0.2) is 0 Å². The highest BCUT2D eigenvalue weighted by Gasteiger charge is 2.20. The van der Waals surface area contributed by atoms with Gasteiger partial charge in [-0.1, -0.05) is 48.9 Å². The van der Waals surface area contributed by atoms with Crippen LogP contribution in [0.2, 0.25) is 0 Å². The number of benzene rings is 1. The van der Waals surface area contributed by atoms with Gasteiger partial charge in [0.1, 0.15) is 0 Å². The van der Waals surface area contributed by atoms with E-state index in [-0.39, 0.29) is 0 Å². The zero-order valence-electron chi connectivity index (χ0n) is 10.9. The topological polar surface area (TPSA) is 3.24 Å². The van der Waals surface area contributed by atoms with E-state index in [9.17, 15) is 0 Å². The molecular weight excluding hydrogens is 206 g/mol. The first-order chi connectivity index (χ1) is 8.24. The SMILES string of the molecule is C=C(C)CN(Cc1ccccc1)CC1CCC1. The van der Waals surface area contributed by atoms with Gasteiger partial charge in [-0.05, 0) is 31.2 Å². The maximum absolute atomic E-state index is 4.05. The molecule has 0 saturated heterocycles. The molecule has 1 aromatic carbocycles. The van der Waals surface area contributed by atoms with Gasteiger partial charge in [0.05, 0.1) is 0 Å². The molecule has 1 aliphatic rings. The van der Waals surface area contributed by atoms with E-state index >= 15 is 0 Å². The van der Waals surface area contributed by atoms with Gasteiger partial charge >= 0.3 is 0 Å². The maximum Gasteiger partial charge on any atom is 0.0237 e. The van der Waals surface area contributed by atoms with Crippen molar-refractivity contribution in [2.24, 2.45) is 5.92 Å². The molecule has 0 amide bonds. The fraction of sp³-hybridized carbons (Fsp3) is 0.500. The highest BCUT2D eigenvalue weighted by Crippen LogP contribution is 2.27. The number of hydrogen-bond donors (Lipinski definition) is 0. The van der Waals surface area contributed by atoms with E-state index in [1.165, 1.54) is 36.9 Å². The van der Waals surface area contributed by atoms with Gasteiger partial charge in [0.25, 0.3) is 0 Å². The van der Waals surface area contributed by atoms with Crippen LogP contribution in [0.4, 0.5) is 0 Å². The molecular formula is C16H23N. The van der Waals surface area contributed by atoms with Crippen molar-refractivity contribution in [3.8, 4) is 0 Å². The van der Waals surface area contributed by atoms with E-state index in [1.807, 2.05) is 0 Å². The molecule has 0 heterocycles. The van der Waals surface area contributed by atoms with Gasteiger partial charge in [-0.15, -0.1) is 0 Å². The number of nitrogens with zero attached hydrogens (tertiary/aromatic N) is 1. The summed E-state index contributed by atoms with van der Waals surface area (Å²) in [5, 5.41) is 0. The fourth-order valence-corrected chi connectivity index (χ4v) is 2.45. The second-order valence-corrected chi connectivity index (χ2v) is 5.41. The van der Waals surface area contributed by atoms with Crippen LogP contribution in [0.5, 0.6) is 0 Å². The summed E-state index contributed by atoms with van der Waals surface area (Å²) in [7, 11) is 0. The molecule has 0 radical (unpaired) electrons. The molecule has 0 spiro atoms. The normalized spacial score (nSPS) is 15.9. The van der Waals surface area contributed by atoms with Crippen LogP contribution in [0.1, 0.15) is 31.7 Å². The highest BCUT2D eigenvalue weighted by atomic mass is 15.1. The number of hydrogen-bond acceptors (Lipinski definition) is 1. The summed E-state index contributed by atoms with van der Waals surface area (Å²) in [4.78, 5) is 2.54. The van der Waals surface area contributed by atoms with Gasteiger partial charge < -0.3 is 0 Å². The summed E-state index contributed by atoms with van der Waals surface area (Å²) < 4.78 is 0. The van der Waals surface area contributed by atoms with E-state index in [0.29, 0.717) is 0 Å². The molecule has 1 aromatic rings. The quantitative estimate of drug-likeness (QED) is 0.669. The minimum atomic E-state index is 0.929. The van der Waals surface area contributed by atoms with E-state index < -0.39 is 0 Å². The Morgan fingerprint density at radius 1 is 1.29 bits per heavy atom. The lowest BCUT2D eigenvalue weighted by molar-refractivity contribution is 0.182. The Balaban J connectivity index is 1.91. The summed E-state index contributed by atoms with van der Waals surface area (Å²) >= 11 is 0. The Kier molecular flexibility index (Phi) is 4.38. The first kappa shape index (κ1) is 12.4. The standard InChI is InChI=1S/C16H23N/c1-14(2)11-17(13-16-9-6-10-16)12-15-7-4-3-5-8-15/h3-5,7-8,16H,1,6,9-13H2,2H3. The molecule has 0 atom stereocenters. The molecule has 1 aliphatic carbocycles. The highest BCUT2D eigenvalue weighted by molar-refractivity contribution is 5.14. The molecule has 0 aromatic heterocycles. The van der Waals surface area contributed by atoms with Crippen LogP contribution in [0.3, 0.4) is 0 Å². The third-order valence-electron chi connectivity index (χ3n) is 3.48. The lowest BCUT2D eigenvalue weighted by Gasteiger charge is -2.32. The smallest absolute Gasteiger partial charge is 0.0237 e. The summed E-state index contributed by atoms with van der Waals surface area (Å²) in [6.45, 7) is 9.50. The average molecular weight is 229 g/mol. The first-order valence-electron chi connectivity index (χ1n) is 6.64. The molecule has 0 unspecified atom stereocenters. The van der Waals surface area contributed by atoms with E-state index in [1.54, 1.807) is 0 Å². The van der Waals surface area contributed by atoms with E-state index in [2.05, 4.69) is 48.7 Å². The third-order valence-corrected chi connectivity index (χ3v) is 3.48. The molecule has 0 aliphatic heterocycles. The molecule has 0 bridgehead atoms. The minimum Gasteiger partial charge on any atom is -0.295 e. The Labute approximate surface area is 105 Å². The van der Waals surface area contributed by atoms with Gasteiger partial charge in [0, 0.05) is 19.6 Å². The maximum atomic E-state index is 4.05. The van der Waals surface area contributed by atoms with Crippen LogP contribution in [0, 0.1) is 5.92 Å². The van der Waals surface area contributed by atoms with Crippen LogP contribution < -0.4 is 0 Å². The predicted octanol–water partition coefficient (Wildman–Crippen LogP) is 3.86. The molecule has 0 N–H and O–H groups in total. The Bertz CT molecular complexity index is 351. The largest absolute Gasteiger partial charge is 0.295 e. The number of rotatable bonds is 6. The van der Waals surface area contributed by atoms with Crippen molar-refractivity contribution in [3.05, 3.63) is 48.0 Å². The van der Waals surface area contributed by atoms with Crippen molar-refractivity contribution in [3.63, 3.8) is 0 Å². The molecule has 17 heavy (non-hydrogen) atoms. The monoisotopic (exact) mass is 229 g/mol. The van der Waals surface area contributed by atoms with Crippen LogP contribution in [0.25, 0.3) is 0 Å². The lowest BCUT2D eigenvalue weighted by atomic mass is 9.85. The van der Waals surface area contributed by atoms with Crippen LogP contribution >= 0.6 is 0 Å². The van der Waals surface area contributed by atoms with Crippen molar-refractivity contribution in [1.82, 2.24) is 4.90 Å². The molecule has 1 heteroatoms. The molecule has 1 fully saturated rings. The minimum absolute atomic E-state index is 0.929. The van der Waals surface area contributed by atoms with Gasteiger partial charge in [-0.2, -0.15) is 0 Å². The summed E-state index contributed by atoms with van der Waals surface area (Å²) in [6, 6.07) is 10.8. The van der Waals surface area contributed by atoms with Crippen molar-refractivity contribution >= 4 is 0 Å². The van der Waals surface area contributed by atoms with Gasteiger partial charge in [-0.3, -0.25) is 4.90 Å². The molecule has 1 nitrogen and oxygen atoms in total. The summed E-state index contributed by atoms with van der Waals surface area (Å²) in [5.41, 5.74) is 2.67. The third kappa shape index (κ3) is 4.01. The second kappa shape index (κ2) is 6.02. The Morgan fingerprint density at radius 3 is 2.53 bits per heavy atom. The van der Waals surface area contributed by atoms with Crippen LogP contribution in [-0.4, -0.2) is 18.0 Å². The van der Waals surface area contributed by atoms with Gasteiger partial charge in [0.15, 0.2) is 0 Å². The van der Waals surface area contributed by atoms with Crippen molar-refractivity contribution in [2.75, 3.05) is 13.1 Å². The Morgan fingerprint density at radius 2 is 2.00 bits per heavy atom. The molecule has 1 saturated carbocycles. The van der Waals surface area contributed by atoms with Gasteiger partial charge in [0.2, 0.25) is 0 Å². The molecule has 2 rings (SSSR count). The average Bonchev–Trinajstić information content (AvgIpc) is 2.24. The van der Waals surface area contributed by atoms with E-state index in [0.717, 1.165) is 19.0 Å². The zero-order chi connectivity index (χ0) is 12.1. The van der Waals surface area contributed by atoms with E-state index in [4.69, 9.17) is 0 Å².